The molecular formula is C45H58F2N8O3. The number of nitrogens with zero attached hydrogens (tertiary/aromatic N) is 5. The number of rotatable bonds is 19. The van der Waals surface area contributed by atoms with Crippen LogP contribution in [0.15, 0.2) is 60.9 Å². The Hall–Kier alpha value is -4.91. The van der Waals surface area contributed by atoms with Gasteiger partial charge in [0.1, 0.15) is 29.1 Å². The molecule has 3 fully saturated rings. The molecule has 13 heteroatoms. The molecule has 2 unspecified atom stereocenters. The highest BCUT2D eigenvalue weighted by Crippen LogP contribution is 2.37. The maximum Gasteiger partial charge on any atom is 0.256 e. The number of amides is 3. The first-order chi connectivity index (χ1) is 28.3. The zero-order valence-corrected chi connectivity index (χ0v) is 33.6. The molecule has 0 spiro atoms. The van der Waals surface area contributed by atoms with E-state index in [4.69, 9.17) is 4.98 Å². The van der Waals surface area contributed by atoms with Gasteiger partial charge >= 0.3 is 0 Å². The fraction of sp³-hybridized carbons (Fsp3) is 0.533. The van der Waals surface area contributed by atoms with Crippen molar-refractivity contribution in [2.75, 3.05) is 42.9 Å². The Labute approximate surface area is 340 Å². The van der Waals surface area contributed by atoms with Crippen molar-refractivity contribution < 1.29 is 23.2 Å². The van der Waals surface area contributed by atoms with E-state index in [1.54, 1.807) is 16.8 Å². The van der Waals surface area contributed by atoms with Crippen LogP contribution >= 0.6 is 0 Å². The van der Waals surface area contributed by atoms with Crippen LogP contribution in [0.25, 0.3) is 5.65 Å². The third-order valence-corrected chi connectivity index (χ3v) is 12.2. The molecule has 11 nitrogen and oxygen atoms in total. The van der Waals surface area contributed by atoms with Gasteiger partial charge in [0, 0.05) is 37.0 Å². The highest BCUT2D eigenvalue weighted by Gasteiger charge is 2.31. The summed E-state index contributed by atoms with van der Waals surface area (Å²) in [4.78, 5) is 45.9. The van der Waals surface area contributed by atoms with Gasteiger partial charge in [-0.05, 0) is 112 Å². The summed E-state index contributed by atoms with van der Waals surface area (Å²) in [6.07, 6.45) is 20.2. The standard InChI is InChI=1S/C45H58F2N8O3/c46-34-15-18-38(47)36(30-34)40-12-11-26-54(40)41-23-29-55-43(51-41)37(31-49-55)44(57)48-24-9-7-5-3-1-2-4-6-8-10-25-53-27-21-33(22-28-53)32-13-16-35(17-14-32)50-39-19-20-42(56)52-45(39)58/h13-18,23,29-31,33,39-40,50H,1-12,19-22,24-28H2,(H,48,57)(H,52,56,58). The molecule has 310 valence electrons. The first-order valence-corrected chi connectivity index (χ1v) is 21.6. The number of carbonyl (C=O) groups excluding carboxylic acids is 3. The van der Waals surface area contributed by atoms with E-state index in [0.29, 0.717) is 60.9 Å². The van der Waals surface area contributed by atoms with Gasteiger partial charge in [-0.1, -0.05) is 63.5 Å². The lowest BCUT2D eigenvalue weighted by molar-refractivity contribution is -0.133. The van der Waals surface area contributed by atoms with Crippen molar-refractivity contribution in [3.8, 4) is 0 Å². The van der Waals surface area contributed by atoms with Crippen LogP contribution in [0.2, 0.25) is 0 Å². The Bertz CT molecular complexity index is 2000. The van der Waals surface area contributed by atoms with Crippen molar-refractivity contribution in [3.63, 3.8) is 0 Å². The Morgan fingerprint density at radius 2 is 1.55 bits per heavy atom. The smallest absolute Gasteiger partial charge is 0.256 e. The lowest BCUT2D eigenvalue weighted by atomic mass is 9.89. The van der Waals surface area contributed by atoms with Crippen molar-refractivity contribution >= 4 is 34.9 Å². The minimum Gasteiger partial charge on any atom is -0.374 e. The molecule has 0 radical (unpaired) electrons. The molecule has 0 aliphatic carbocycles. The molecule has 0 bridgehead atoms. The number of nitrogens with one attached hydrogen (secondary N) is 3. The number of halogens is 2. The largest absolute Gasteiger partial charge is 0.374 e. The van der Waals surface area contributed by atoms with E-state index in [2.05, 4.69) is 50.2 Å². The predicted molar refractivity (Wildman–Crippen MR) is 222 cm³/mol. The van der Waals surface area contributed by atoms with Crippen LogP contribution in [0.1, 0.15) is 136 Å². The molecule has 58 heavy (non-hydrogen) atoms. The maximum atomic E-state index is 14.6. The second-order valence-corrected chi connectivity index (χ2v) is 16.3. The van der Waals surface area contributed by atoms with Gasteiger partial charge in [0.05, 0.1) is 12.2 Å². The average molecular weight is 797 g/mol. The number of carbonyl (C=O) groups is 3. The normalized spacial score (nSPS) is 19.2. The third kappa shape index (κ3) is 10.8. The van der Waals surface area contributed by atoms with Crippen LogP contribution in [0.3, 0.4) is 0 Å². The fourth-order valence-corrected chi connectivity index (χ4v) is 8.86. The van der Waals surface area contributed by atoms with Crippen LogP contribution in [0.4, 0.5) is 20.3 Å². The summed E-state index contributed by atoms with van der Waals surface area (Å²) in [7, 11) is 0. The Morgan fingerprint density at radius 1 is 0.828 bits per heavy atom. The van der Waals surface area contributed by atoms with Gasteiger partial charge < -0.3 is 20.4 Å². The van der Waals surface area contributed by atoms with Gasteiger partial charge in [-0.3, -0.25) is 19.7 Å². The van der Waals surface area contributed by atoms with Crippen LogP contribution in [0.5, 0.6) is 0 Å². The number of likely N-dealkylation sites (tertiary alicyclic amines) is 1. The van der Waals surface area contributed by atoms with Crippen LogP contribution in [-0.4, -0.2) is 76.0 Å². The Morgan fingerprint density at radius 3 is 2.29 bits per heavy atom. The summed E-state index contributed by atoms with van der Waals surface area (Å²) < 4.78 is 30.2. The molecule has 2 aromatic heterocycles. The first-order valence-electron chi connectivity index (χ1n) is 21.6. The predicted octanol–water partition coefficient (Wildman–Crippen LogP) is 8.08. The molecule has 4 aromatic rings. The number of anilines is 2. The van der Waals surface area contributed by atoms with E-state index in [1.807, 2.05) is 4.90 Å². The minimum absolute atomic E-state index is 0.195. The highest BCUT2D eigenvalue weighted by atomic mass is 19.1. The van der Waals surface area contributed by atoms with Crippen molar-refractivity contribution in [2.24, 2.45) is 0 Å². The van der Waals surface area contributed by atoms with Crippen molar-refractivity contribution in [1.29, 1.82) is 0 Å². The summed E-state index contributed by atoms with van der Waals surface area (Å²) >= 11 is 0. The van der Waals surface area contributed by atoms with E-state index >= 15 is 0 Å². The summed E-state index contributed by atoms with van der Waals surface area (Å²) in [6.45, 7) is 4.74. The molecule has 3 aliphatic heterocycles. The number of piperidine rings is 2. The van der Waals surface area contributed by atoms with E-state index in [9.17, 15) is 23.2 Å². The van der Waals surface area contributed by atoms with Crippen molar-refractivity contribution in [1.82, 2.24) is 30.1 Å². The van der Waals surface area contributed by atoms with Gasteiger partial charge in [0.25, 0.3) is 5.91 Å². The first kappa shape index (κ1) is 41.3. The second kappa shape index (κ2) is 20.2. The molecule has 3 amide bonds. The van der Waals surface area contributed by atoms with E-state index < -0.39 is 11.6 Å². The van der Waals surface area contributed by atoms with E-state index in [-0.39, 0.29) is 29.8 Å². The van der Waals surface area contributed by atoms with Gasteiger partial charge in [0.2, 0.25) is 11.8 Å². The van der Waals surface area contributed by atoms with E-state index in [1.165, 1.54) is 94.6 Å². The number of imide groups is 1. The SMILES string of the molecule is O=C1CCC(Nc2ccc(C3CCN(CCCCCCCCCCCCNC(=O)c4cnn5ccc(N6CCCC6c6cc(F)ccc6F)nc45)CC3)cc2)C(=O)N1. The molecule has 3 N–H and O–H groups in total. The monoisotopic (exact) mass is 796 g/mol. The fourth-order valence-electron chi connectivity index (χ4n) is 8.86. The summed E-state index contributed by atoms with van der Waals surface area (Å²) in [5.74, 6) is -0.340. The average Bonchev–Trinajstić information content (AvgIpc) is 3.90. The molecule has 0 saturated carbocycles. The number of hydrogen-bond acceptors (Lipinski definition) is 8. The Balaban J connectivity index is 0.707. The number of aromatic nitrogens is 3. The van der Waals surface area contributed by atoms with Crippen molar-refractivity contribution in [3.05, 3.63) is 89.2 Å². The van der Waals surface area contributed by atoms with Gasteiger partial charge in [0.15, 0.2) is 5.65 Å². The van der Waals surface area contributed by atoms with Gasteiger partial charge in [-0.2, -0.15) is 5.10 Å². The van der Waals surface area contributed by atoms with Crippen LogP contribution in [-0.2, 0) is 9.59 Å². The summed E-state index contributed by atoms with van der Waals surface area (Å²) in [5, 5.41) is 13.0. The maximum absolute atomic E-state index is 14.6. The summed E-state index contributed by atoms with van der Waals surface area (Å²) in [6, 6.07) is 13.2. The number of unbranched alkanes of at least 4 members (excludes halogenated alkanes) is 9. The van der Waals surface area contributed by atoms with Gasteiger partial charge in [-0.15, -0.1) is 0 Å². The van der Waals surface area contributed by atoms with Gasteiger partial charge in [-0.25, -0.2) is 18.3 Å². The topological polar surface area (TPSA) is 124 Å². The molecule has 2 aromatic carbocycles. The van der Waals surface area contributed by atoms with Crippen LogP contribution < -0.4 is 20.9 Å². The molecule has 3 saturated heterocycles. The number of benzene rings is 2. The molecule has 7 rings (SSSR count). The quantitative estimate of drug-likeness (QED) is 0.0644. The van der Waals surface area contributed by atoms with Crippen LogP contribution in [0, 0.1) is 11.6 Å². The van der Waals surface area contributed by atoms with E-state index in [0.717, 1.165) is 44.1 Å². The third-order valence-electron chi connectivity index (χ3n) is 12.2. The number of hydrogen-bond donors (Lipinski definition) is 3. The summed E-state index contributed by atoms with van der Waals surface area (Å²) in [5.41, 5.74) is 3.46. The molecule has 5 heterocycles. The van der Waals surface area contributed by atoms with Crippen molar-refractivity contribution in [2.45, 2.75) is 121 Å². The zero-order valence-electron chi connectivity index (χ0n) is 33.6. The molecule has 2 atom stereocenters. The Kier molecular flexibility index (Phi) is 14.4. The number of fused-ring (bicyclic) bond motifs is 1. The lowest BCUT2D eigenvalue weighted by Crippen LogP contribution is -2.47. The molecule has 3 aliphatic rings. The second-order valence-electron chi connectivity index (χ2n) is 16.3. The zero-order chi connectivity index (χ0) is 40.3. The molecular weight excluding hydrogens is 739 g/mol. The lowest BCUT2D eigenvalue weighted by Gasteiger charge is -2.32. The highest BCUT2D eigenvalue weighted by molar-refractivity contribution is 6.01. The minimum atomic E-state index is -0.464.